The van der Waals surface area contributed by atoms with Crippen molar-refractivity contribution >= 4 is 0 Å². The summed E-state index contributed by atoms with van der Waals surface area (Å²) in [6.45, 7) is 0.649. The standard InChI is InChI=1S/C19H17FN2/c20-17-11-5-4-10-16(17)19(18-12-6-7-13-21-18)22-14-15-8-2-1-3-9-15/h1-13,19,22H,14H2. The van der Waals surface area contributed by atoms with Crippen LogP contribution in [-0.4, -0.2) is 4.98 Å². The monoisotopic (exact) mass is 292 g/mol. The molecule has 0 saturated heterocycles. The van der Waals surface area contributed by atoms with Crippen LogP contribution >= 0.6 is 0 Å². The summed E-state index contributed by atoms with van der Waals surface area (Å²) in [5, 5.41) is 3.41. The lowest BCUT2D eigenvalue weighted by Crippen LogP contribution is -2.23. The van der Waals surface area contributed by atoms with E-state index in [2.05, 4.69) is 10.3 Å². The average molecular weight is 292 g/mol. The summed E-state index contributed by atoms with van der Waals surface area (Å²) in [5.41, 5.74) is 2.57. The second kappa shape index (κ2) is 6.96. The van der Waals surface area contributed by atoms with Crippen LogP contribution < -0.4 is 5.32 Å². The Morgan fingerprint density at radius 3 is 2.32 bits per heavy atom. The molecule has 0 aliphatic heterocycles. The van der Waals surface area contributed by atoms with Crippen molar-refractivity contribution in [1.82, 2.24) is 10.3 Å². The molecule has 2 aromatic carbocycles. The lowest BCUT2D eigenvalue weighted by Gasteiger charge is -2.19. The highest BCUT2D eigenvalue weighted by Crippen LogP contribution is 2.23. The largest absolute Gasteiger partial charge is 0.301 e. The summed E-state index contributed by atoms with van der Waals surface area (Å²) in [6.07, 6.45) is 1.73. The maximum atomic E-state index is 14.2. The van der Waals surface area contributed by atoms with Crippen molar-refractivity contribution in [1.29, 1.82) is 0 Å². The zero-order valence-corrected chi connectivity index (χ0v) is 12.1. The first kappa shape index (κ1) is 14.4. The van der Waals surface area contributed by atoms with Gasteiger partial charge in [-0.3, -0.25) is 4.98 Å². The summed E-state index contributed by atoms with van der Waals surface area (Å²) < 4.78 is 14.2. The third-order valence-electron chi connectivity index (χ3n) is 3.55. The van der Waals surface area contributed by atoms with E-state index < -0.39 is 0 Å². The molecule has 0 bridgehead atoms. The highest BCUT2D eigenvalue weighted by molar-refractivity contribution is 5.29. The van der Waals surface area contributed by atoms with Crippen molar-refractivity contribution in [3.63, 3.8) is 0 Å². The summed E-state index contributed by atoms with van der Waals surface area (Å²) in [4.78, 5) is 4.38. The van der Waals surface area contributed by atoms with Crippen molar-refractivity contribution in [2.24, 2.45) is 0 Å². The van der Waals surface area contributed by atoms with Crippen LogP contribution in [0.5, 0.6) is 0 Å². The van der Waals surface area contributed by atoms with Crippen LogP contribution in [0, 0.1) is 5.82 Å². The number of hydrogen-bond acceptors (Lipinski definition) is 2. The summed E-state index contributed by atoms with van der Waals surface area (Å²) in [5.74, 6) is -0.223. The maximum Gasteiger partial charge on any atom is 0.128 e. The van der Waals surface area contributed by atoms with E-state index in [9.17, 15) is 4.39 Å². The number of halogens is 1. The van der Waals surface area contributed by atoms with Gasteiger partial charge in [-0.2, -0.15) is 0 Å². The molecule has 1 aromatic heterocycles. The van der Waals surface area contributed by atoms with E-state index in [1.54, 1.807) is 18.3 Å². The van der Waals surface area contributed by atoms with Crippen LogP contribution in [0.3, 0.4) is 0 Å². The molecule has 0 radical (unpaired) electrons. The molecular formula is C19H17FN2. The fraction of sp³-hybridized carbons (Fsp3) is 0.105. The SMILES string of the molecule is Fc1ccccc1C(NCc1ccccc1)c1ccccn1. The molecule has 2 nitrogen and oxygen atoms in total. The van der Waals surface area contributed by atoms with Crippen LogP contribution in [0.15, 0.2) is 79.0 Å². The highest BCUT2D eigenvalue weighted by atomic mass is 19.1. The summed E-state index contributed by atoms with van der Waals surface area (Å²) in [7, 11) is 0. The first-order chi connectivity index (χ1) is 10.8. The Bertz CT molecular complexity index is 714. The minimum absolute atomic E-state index is 0.223. The zero-order valence-electron chi connectivity index (χ0n) is 12.1. The second-order valence-corrected chi connectivity index (χ2v) is 5.08. The van der Waals surface area contributed by atoms with E-state index in [-0.39, 0.29) is 11.9 Å². The van der Waals surface area contributed by atoms with Crippen LogP contribution in [0.1, 0.15) is 22.9 Å². The number of aromatic nitrogens is 1. The highest BCUT2D eigenvalue weighted by Gasteiger charge is 2.18. The van der Waals surface area contributed by atoms with Gasteiger partial charge in [-0.25, -0.2) is 4.39 Å². The van der Waals surface area contributed by atoms with Crippen molar-refractivity contribution in [3.05, 3.63) is 102 Å². The van der Waals surface area contributed by atoms with Crippen molar-refractivity contribution in [2.75, 3.05) is 0 Å². The van der Waals surface area contributed by atoms with Crippen LogP contribution in [-0.2, 0) is 6.54 Å². The Morgan fingerprint density at radius 2 is 1.59 bits per heavy atom. The average Bonchev–Trinajstić information content (AvgIpc) is 2.58. The van der Waals surface area contributed by atoms with Gasteiger partial charge in [0.15, 0.2) is 0 Å². The van der Waals surface area contributed by atoms with E-state index in [0.29, 0.717) is 12.1 Å². The molecule has 3 heteroatoms. The van der Waals surface area contributed by atoms with Crippen molar-refractivity contribution in [2.45, 2.75) is 12.6 Å². The zero-order chi connectivity index (χ0) is 15.2. The van der Waals surface area contributed by atoms with E-state index in [0.717, 1.165) is 11.3 Å². The van der Waals surface area contributed by atoms with Gasteiger partial charge in [0.1, 0.15) is 5.82 Å². The lowest BCUT2D eigenvalue weighted by atomic mass is 10.0. The molecule has 1 unspecified atom stereocenters. The predicted octanol–water partition coefficient (Wildman–Crippen LogP) is 4.10. The Balaban J connectivity index is 1.89. The topological polar surface area (TPSA) is 24.9 Å². The molecule has 0 fully saturated rings. The van der Waals surface area contributed by atoms with Crippen LogP contribution in [0.4, 0.5) is 4.39 Å². The normalized spacial score (nSPS) is 12.0. The van der Waals surface area contributed by atoms with E-state index in [4.69, 9.17) is 0 Å². The maximum absolute atomic E-state index is 14.2. The molecule has 0 aliphatic rings. The molecule has 110 valence electrons. The van der Waals surface area contributed by atoms with E-state index in [1.807, 2.05) is 54.6 Å². The molecule has 22 heavy (non-hydrogen) atoms. The third kappa shape index (κ3) is 3.38. The van der Waals surface area contributed by atoms with Gasteiger partial charge in [0.25, 0.3) is 0 Å². The van der Waals surface area contributed by atoms with E-state index in [1.165, 1.54) is 6.07 Å². The molecule has 0 amide bonds. The Labute approximate surface area is 129 Å². The van der Waals surface area contributed by atoms with Crippen LogP contribution in [0.2, 0.25) is 0 Å². The van der Waals surface area contributed by atoms with Crippen LogP contribution in [0.25, 0.3) is 0 Å². The minimum atomic E-state index is -0.275. The molecule has 1 atom stereocenters. The van der Waals surface area contributed by atoms with Gasteiger partial charge in [-0.05, 0) is 23.8 Å². The quantitative estimate of drug-likeness (QED) is 0.766. The molecule has 1 N–H and O–H groups in total. The minimum Gasteiger partial charge on any atom is -0.301 e. The summed E-state index contributed by atoms with van der Waals surface area (Å²) in [6, 6.07) is 22.3. The second-order valence-electron chi connectivity index (χ2n) is 5.08. The van der Waals surface area contributed by atoms with Gasteiger partial charge in [-0.1, -0.05) is 54.6 Å². The van der Waals surface area contributed by atoms with Gasteiger partial charge >= 0.3 is 0 Å². The fourth-order valence-electron chi connectivity index (χ4n) is 2.45. The number of benzene rings is 2. The Hall–Kier alpha value is -2.52. The van der Waals surface area contributed by atoms with E-state index >= 15 is 0 Å². The number of rotatable bonds is 5. The number of nitrogens with one attached hydrogen (secondary N) is 1. The molecule has 3 rings (SSSR count). The van der Waals surface area contributed by atoms with Gasteiger partial charge in [0.2, 0.25) is 0 Å². The lowest BCUT2D eigenvalue weighted by molar-refractivity contribution is 0.540. The Morgan fingerprint density at radius 1 is 0.864 bits per heavy atom. The first-order valence-corrected chi connectivity index (χ1v) is 7.27. The number of nitrogens with zero attached hydrogens (tertiary/aromatic N) is 1. The van der Waals surface area contributed by atoms with Gasteiger partial charge in [0, 0.05) is 18.3 Å². The third-order valence-corrected chi connectivity index (χ3v) is 3.55. The van der Waals surface area contributed by atoms with Crippen molar-refractivity contribution in [3.8, 4) is 0 Å². The number of hydrogen-bond donors (Lipinski definition) is 1. The first-order valence-electron chi connectivity index (χ1n) is 7.27. The van der Waals surface area contributed by atoms with Gasteiger partial charge < -0.3 is 5.32 Å². The molecule has 0 saturated carbocycles. The molecule has 3 aromatic rings. The smallest absolute Gasteiger partial charge is 0.128 e. The van der Waals surface area contributed by atoms with Gasteiger partial charge in [0.05, 0.1) is 11.7 Å². The molecule has 0 spiro atoms. The predicted molar refractivity (Wildman–Crippen MR) is 85.8 cm³/mol. The summed E-state index contributed by atoms with van der Waals surface area (Å²) >= 11 is 0. The molecular weight excluding hydrogens is 275 g/mol. The van der Waals surface area contributed by atoms with Gasteiger partial charge in [-0.15, -0.1) is 0 Å². The molecule has 0 aliphatic carbocycles. The molecule has 1 heterocycles. The fourth-order valence-corrected chi connectivity index (χ4v) is 2.45. The van der Waals surface area contributed by atoms with Crippen molar-refractivity contribution < 1.29 is 4.39 Å². The number of pyridine rings is 1. The Kier molecular flexibility index (Phi) is 4.56.